The summed E-state index contributed by atoms with van der Waals surface area (Å²) in [6, 6.07) is 11.2. The van der Waals surface area contributed by atoms with E-state index in [-0.39, 0.29) is 6.42 Å². The Labute approximate surface area is 107 Å². The molecule has 0 aliphatic rings. The quantitative estimate of drug-likeness (QED) is 0.914. The molecule has 4 heteroatoms. The summed E-state index contributed by atoms with van der Waals surface area (Å²) in [5.74, 6) is -0.891. The van der Waals surface area contributed by atoms with Crippen LogP contribution in [0.2, 0.25) is 0 Å². The van der Waals surface area contributed by atoms with Crippen LogP contribution in [-0.2, 0) is 4.79 Å². The van der Waals surface area contributed by atoms with E-state index in [1.54, 1.807) is 0 Å². The number of rotatable bonds is 3. The minimum atomic E-state index is -0.891. The van der Waals surface area contributed by atoms with Crippen molar-refractivity contribution in [3.63, 3.8) is 0 Å². The molecule has 0 aromatic heterocycles. The lowest BCUT2D eigenvalue weighted by molar-refractivity contribution is -0.137. The first-order chi connectivity index (χ1) is 8.09. The summed E-state index contributed by atoms with van der Waals surface area (Å²) in [4.78, 5) is 10.7. The smallest absolute Gasteiger partial charge is 0.305 e. The summed E-state index contributed by atoms with van der Waals surface area (Å²) in [6.07, 6.45) is -0.0725. The van der Waals surface area contributed by atoms with Gasteiger partial charge in [-0.05, 0) is 32.3 Å². The van der Waals surface area contributed by atoms with Gasteiger partial charge in [-0.3, -0.25) is 4.79 Å². The van der Waals surface area contributed by atoms with Crippen molar-refractivity contribution in [2.24, 2.45) is 5.73 Å². The molecule has 0 amide bonds. The van der Waals surface area contributed by atoms with Crippen molar-refractivity contribution in [1.82, 2.24) is 0 Å². The van der Waals surface area contributed by atoms with Gasteiger partial charge in [-0.1, -0.05) is 36.4 Å². The van der Waals surface area contributed by atoms with Gasteiger partial charge in [0.1, 0.15) is 0 Å². The highest BCUT2D eigenvalue weighted by atomic mass is 79.9. The molecule has 2 aromatic rings. The normalized spacial score (nSPS) is 12.6. The van der Waals surface area contributed by atoms with Crippen LogP contribution in [0.4, 0.5) is 0 Å². The van der Waals surface area contributed by atoms with E-state index >= 15 is 0 Å². The molecule has 3 N–H and O–H groups in total. The highest BCUT2D eigenvalue weighted by Crippen LogP contribution is 2.31. The molecule has 0 aliphatic carbocycles. The number of hydrogen-bond donors (Lipinski definition) is 2. The van der Waals surface area contributed by atoms with Gasteiger partial charge in [0.15, 0.2) is 0 Å². The molecule has 0 radical (unpaired) electrons. The number of hydrogen-bond acceptors (Lipinski definition) is 2. The number of carboxylic acids is 1. The predicted octanol–water partition coefficient (Wildman–Crippen LogP) is 3.08. The number of carbonyl (C=O) groups is 1. The maximum atomic E-state index is 10.7. The van der Waals surface area contributed by atoms with Gasteiger partial charge in [0.05, 0.1) is 6.42 Å². The third kappa shape index (κ3) is 2.48. The van der Waals surface area contributed by atoms with Gasteiger partial charge in [0.25, 0.3) is 0 Å². The number of fused-ring (bicyclic) bond motifs is 1. The molecule has 0 fully saturated rings. The molecule has 0 spiro atoms. The van der Waals surface area contributed by atoms with Crippen LogP contribution in [0.1, 0.15) is 18.0 Å². The van der Waals surface area contributed by atoms with Crippen LogP contribution in [0.15, 0.2) is 40.9 Å². The Morgan fingerprint density at radius 2 is 2.00 bits per heavy atom. The van der Waals surface area contributed by atoms with E-state index in [0.29, 0.717) is 0 Å². The summed E-state index contributed by atoms with van der Waals surface area (Å²) >= 11 is 3.50. The zero-order valence-electron chi connectivity index (χ0n) is 9.06. The highest BCUT2D eigenvalue weighted by molar-refractivity contribution is 9.10. The first kappa shape index (κ1) is 12.1. The Bertz CT molecular complexity index is 568. The van der Waals surface area contributed by atoms with Crippen LogP contribution in [0.25, 0.3) is 10.8 Å². The largest absolute Gasteiger partial charge is 0.481 e. The molecule has 0 unspecified atom stereocenters. The molecule has 3 nitrogen and oxygen atoms in total. The fraction of sp³-hybridized carbons (Fsp3) is 0.154. The van der Waals surface area contributed by atoms with E-state index in [1.807, 2.05) is 36.4 Å². The lowest BCUT2D eigenvalue weighted by Gasteiger charge is -2.13. The summed E-state index contributed by atoms with van der Waals surface area (Å²) in [5.41, 5.74) is 6.70. The predicted molar refractivity (Wildman–Crippen MR) is 70.8 cm³/mol. The average Bonchev–Trinajstić information content (AvgIpc) is 2.28. The van der Waals surface area contributed by atoms with Gasteiger partial charge in [-0.2, -0.15) is 0 Å². The van der Waals surface area contributed by atoms with Gasteiger partial charge in [0.2, 0.25) is 0 Å². The standard InChI is InChI=1S/C13H12BrNO2/c14-13-9-4-2-1-3-8(9)5-6-10(13)11(15)7-12(16)17/h1-6,11H,7,15H2,(H,16,17)/t11-/m0/s1. The Morgan fingerprint density at radius 1 is 1.29 bits per heavy atom. The second kappa shape index (κ2) is 4.85. The minimum Gasteiger partial charge on any atom is -0.481 e. The summed E-state index contributed by atoms with van der Waals surface area (Å²) in [6.45, 7) is 0. The zero-order chi connectivity index (χ0) is 12.4. The molecule has 0 saturated heterocycles. The fourth-order valence-electron chi connectivity index (χ4n) is 1.83. The van der Waals surface area contributed by atoms with Crippen LogP contribution in [0.3, 0.4) is 0 Å². The maximum Gasteiger partial charge on any atom is 0.305 e. The molecular formula is C13H12BrNO2. The Kier molecular flexibility index (Phi) is 3.45. The maximum absolute atomic E-state index is 10.7. The van der Waals surface area contributed by atoms with E-state index in [2.05, 4.69) is 15.9 Å². The Hall–Kier alpha value is -1.39. The second-order valence-corrected chi connectivity index (χ2v) is 4.69. The van der Waals surface area contributed by atoms with E-state index in [0.717, 1.165) is 20.8 Å². The minimum absolute atomic E-state index is 0.0725. The summed E-state index contributed by atoms with van der Waals surface area (Å²) < 4.78 is 0.879. The SMILES string of the molecule is N[C@@H](CC(=O)O)c1ccc2ccccc2c1Br. The number of halogens is 1. The molecule has 0 saturated carbocycles. The number of aliphatic carboxylic acids is 1. The van der Waals surface area contributed by atoms with Crippen molar-refractivity contribution in [2.45, 2.75) is 12.5 Å². The Morgan fingerprint density at radius 3 is 2.71 bits per heavy atom. The van der Waals surface area contributed by atoms with E-state index < -0.39 is 12.0 Å². The molecule has 0 bridgehead atoms. The fourth-order valence-corrected chi connectivity index (χ4v) is 2.62. The van der Waals surface area contributed by atoms with Gasteiger partial charge in [-0.15, -0.1) is 0 Å². The van der Waals surface area contributed by atoms with Crippen molar-refractivity contribution in [3.05, 3.63) is 46.4 Å². The second-order valence-electron chi connectivity index (χ2n) is 3.89. The molecule has 2 rings (SSSR count). The lowest BCUT2D eigenvalue weighted by atomic mass is 10.0. The number of benzene rings is 2. The molecule has 0 heterocycles. The molecule has 17 heavy (non-hydrogen) atoms. The molecule has 2 aromatic carbocycles. The molecular weight excluding hydrogens is 282 g/mol. The lowest BCUT2D eigenvalue weighted by Crippen LogP contribution is -2.15. The monoisotopic (exact) mass is 293 g/mol. The van der Waals surface area contributed by atoms with Crippen LogP contribution in [-0.4, -0.2) is 11.1 Å². The van der Waals surface area contributed by atoms with Gasteiger partial charge in [0, 0.05) is 10.5 Å². The molecule has 88 valence electrons. The summed E-state index contributed by atoms with van der Waals surface area (Å²) in [5, 5.41) is 10.9. The molecule has 0 aliphatic heterocycles. The number of carboxylic acid groups (broad SMARTS) is 1. The third-order valence-corrected chi connectivity index (χ3v) is 3.57. The van der Waals surface area contributed by atoms with Crippen LogP contribution < -0.4 is 5.73 Å². The average molecular weight is 294 g/mol. The topological polar surface area (TPSA) is 63.3 Å². The zero-order valence-corrected chi connectivity index (χ0v) is 10.6. The number of nitrogens with two attached hydrogens (primary N) is 1. The molecule has 1 atom stereocenters. The first-order valence-corrected chi connectivity index (χ1v) is 6.03. The van der Waals surface area contributed by atoms with E-state index in [1.165, 1.54) is 0 Å². The summed E-state index contributed by atoms with van der Waals surface area (Å²) in [7, 11) is 0. The third-order valence-electron chi connectivity index (χ3n) is 2.69. The van der Waals surface area contributed by atoms with Gasteiger partial charge < -0.3 is 10.8 Å². The Balaban J connectivity index is 2.48. The van der Waals surface area contributed by atoms with E-state index in [4.69, 9.17) is 10.8 Å². The van der Waals surface area contributed by atoms with Crippen LogP contribution in [0.5, 0.6) is 0 Å². The highest BCUT2D eigenvalue weighted by Gasteiger charge is 2.14. The van der Waals surface area contributed by atoms with Crippen molar-refractivity contribution in [2.75, 3.05) is 0 Å². The van der Waals surface area contributed by atoms with Crippen molar-refractivity contribution >= 4 is 32.7 Å². The van der Waals surface area contributed by atoms with Gasteiger partial charge in [-0.25, -0.2) is 0 Å². The van der Waals surface area contributed by atoms with Crippen LogP contribution in [0, 0.1) is 0 Å². The van der Waals surface area contributed by atoms with E-state index in [9.17, 15) is 4.79 Å². The first-order valence-electron chi connectivity index (χ1n) is 5.24. The van der Waals surface area contributed by atoms with Crippen molar-refractivity contribution < 1.29 is 9.90 Å². The van der Waals surface area contributed by atoms with Crippen molar-refractivity contribution in [1.29, 1.82) is 0 Å². The van der Waals surface area contributed by atoms with Gasteiger partial charge >= 0.3 is 5.97 Å². The van der Waals surface area contributed by atoms with Crippen LogP contribution >= 0.6 is 15.9 Å². The van der Waals surface area contributed by atoms with Crippen molar-refractivity contribution in [3.8, 4) is 0 Å².